The molecule has 0 aromatic heterocycles. The summed E-state index contributed by atoms with van der Waals surface area (Å²) in [7, 11) is 1.79. The molecule has 1 aliphatic carbocycles. The Morgan fingerprint density at radius 3 is 2.68 bits per heavy atom. The zero-order valence-electron chi connectivity index (χ0n) is 41.8. The lowest BCUT2D eigenvalue weighted by Crippen LogP contribution is -2.70. The van der Waals surface area contributed by atoms with E-state index in [0.717, 1.165) is 11.1 Å². The normalized spacial score (nSPS) is 30.4. The van der Waals surface area contributed by atoms with Crippen LogP contribution in [0.15, 0.2) is 71.6 Å². The number of aliphatic hydroxyl groups is 5. The number of ether oxygens (including phenoxy) is 5. The number of carbonyl (C=O) groups is 4. The van der Waals surface area contributed by atoms with E-state index in [9.17, 15) is 35.1 Å². The van der Waals surface area contributed by atoms with Gasteiger partial charge in [-0.05, 0) is 73.2 Å². The number of likely N-dealkylation sites (N-methyl/N-ethyl adjacent to an activating group) is 1. The molecule has 0 saturated carbocycles. The zero-order chi connectivity index (χ0) is 53.4. The maximum Gasteiger partial charge on any atom is 0.242 e. The minimum absolute atomic E-state index is 0.0355. The molecule has 0 radical (unpaired) electrons. The average molecular weight is 1050 g/mol. The molecule has 3 fully saturated rings. The maximum absolute atomic E-state index is 15.2. The van der Waals surface area contributed by atoms with Crippen molar-refractivity contribution in [1.82, 2.24) is 26.6 Å². The molecule has 3 aromatic rings. The zero-order valence-corrected chi connectivity index (χ0v) is 41.8. The minimum Gasteiger partial charge on any atom is -0.486 e. The van der Waals surface area contributed by atoms with Crippen molar-refractivity contribution in [1.29, 1.82) is 0 Å². The third-order valence-corrected chi connectivity index (χ3v) is 15.3. The molecule has 76 heavy (non-hydrogen) atoms. The first-order valence-electron chi connectivity index (χ1n) is 25.6. The van der Waals surface area contributed by atoms with Crippen molar-refractivity contribution in [2.75, 3.05) is 58.1 Å². The van der Waals surface area contributed by atoms with Crippen LogP contribution in [-0.2, 0) is 30.4 Å². The molecule has 6 heterocycles. The Morgan fingerprint density at radius 1 is 1.05 bits per heavy atom. The van der Waals surface area contributed by atoms with E-state index in [1.165, 1.54) is 12.1 Å². The van der Waals surface area contributed by atoms with Crippen LogP contribution >= 0.6 is 0 Å². The summed E-state index contributed by atoms with van der Waals surface area (Å²) in [6, 6.07) is 12.7. The molecular weight excluding hydrogens is 985 g/mol. The fourth-order valence-corrected chi connectivity index (χ4v) is 11.4. The average Bonchev–Trinajstić information content (AvgIpc) is 3.86. The van der Waals surface area contributed by atoms with Crippen LogP contribution in [0.3, 0.4) is 0 Å². The Morgan fingerprint density at radius 2 is 1.88 bits per heavy atom. The Bertz CT molecular complexity index is 2890. The van der Waals surface area contributed by atoms with Gasteiger partial charge in [-0.1, -0.05) is 42.2 Å². The van der Waals surface area contributed by atoms with Gasteiger partial charge in [-0.3, -0.25) is 30.8 Å². The van der Waals surface area contributed by atoms with E-state index >= 15 is 9.59 Å². The van der Waals surface area contributed by atoms with Crippen LogP contribution in [0.2, 0.25) is 0 Å². The van der Waals surface area contributed by atoms with E-state index in [1.807, 2.05) is 35.2 Å². The van der Waals surface area contributed by atoms with E-state index in [4.69, 9.17) is 35.2 Å². The number of aliphatic hydroxyl groups excluding tert-OH is 4. The number of amides is 1. The van der Waals surface area contributed by atoms with Gasteiger partial charge in [-0.15, -0.1) is 0 Å². The van der Waals surface area contributed by atoms with E-state index in [-0.39, 0.29) is 104 Å². The van der Waals surface area contributed by atoms with Crippen molar-refractivity contribution in [2.45, 2.75) is 106 Å². The van der Waals surface area contributed by atoms with Crippen molar-refractivity contribution in [2.24, 2.45) is 17.4 Å². The van der Waals surface area contributed by atoms with Crippen LogP contribution < -0.4 is 52.4 Å². The Kier molecular flexibility index (Phi) is 15.6. The second-order valence-electron chi connectivity index (χ2n) is 20.1. The number of rotatable bonds is 14. The van der Waals surface area contributed by atoms with E-state index in [0.29, 0.717) is 42.0 Å². The SMILES string of the molecule is CNCC1=C(N)NCC=C1CCOC1C2Oc3c(cc4c(c3OCC(O)CC=O)C(=O)c3cc(CO)ccc3C4=O)C(c3ccccc3N3CNC4C(=O)NC(N)NC43)C3CCC(O)CC#CC(O)(C(COC3)O2)C1O. The number of hydrogen-bond acceptors (Lipinski definition) is 21. The summed E-state index contributed by atoms with van der Waals surface area (Å²) in [5, 5.41) is 73.8. The molecule has 12 unspecified atom stereocenters. The fraction of sp³-hybridized carbons (Fsp3) is 0.481. The Hall–Kier alpha value is -6.30. The van der Waals surface area contributed by atoms with E-state index in [2.05, 4.69) is 38.4 Å². The van der Waals surface area contributed by atoms with Gasteiger partial charge in [0.05, 0.1) is 50.9 Å². The number of para-hydroxylation sites is 1. The smallest absolute Gasteiger partial charge is 0.242 e. The van der Waals surface area contributed by atoms with E-state index < -0.39 is 97.5 Å². The monoisotopic (exact) mass is 1050 g/mol. The lowest BCUT2D eigenvalue weighted by Gasteiger charge is -2.47. The summed E-state index contributed by atoms with van der Waals surface area (Å²) in [5.41, 5.74) is 13.5. The van der Waals surface area contributed by atoms with E-state index in [1.54, 1.807) is 19.2 Å². The van der Waals surface area contributed by atoms with Crippen LogP contribution in [0.5, 0.6) is 11.5 Å². The number of fused-ring (bicyclic) bond motifs is 8. The quantitative estimate of drug-likeness (QED) is 0.0506. The lowest BCUT2D eigenvalue weighted by molar-refractivity contribution is -0.308. The third-order valence-electron chi connectivity index (χ3n) is 15.3. The minimum atomic E-state index is -2.37. The highest BCUT2D eigenvalue weighted by atomic mass is 16.7. The van der Waals surface area contributed by atoms with Gasteiger partial charge in [0.1, 0.15) is 55.5 Å². The highest BCUT2D eigenvalue weighted by Gasteiger charge is 2.57. The number of ketones is 2. The third kappa shape index (κ3) is 9.98. The first-order valence-corrected chi connectivity index (χ1v) is 25.6. The molecule has 10 rings (SSSR count). The summed E-state index contributed by atoms with van der Waals surface area (Å²) in [6.45, 7) is -0.422. The molecular formula is C54H64N8O14. The molecule has 404 valence electrons. The maximum atomic E-state index is 15.2. The molecule has 0 spiro atoms. The predicted octanol–water partition coefficient (Wildman–Crippen LogP) is -1.48. The molecule has 14 N–H and O–H groups in total. The second kappa shape index (κ2) is 22.3. The number of aldehydes is 1. The van der Waals surface area contributed by atoms with Gasteiger partial charge in [0.25, 0.3) is 0 Å². The number of nitrogens with one attached hydrogen (secondary N) is 5. The number of nitrogens with two attached hydrogens (primary N) is 2. The summed E-state index contributed by atoms with van der Waals surface area (Å²) in [6.07, 6.45) is -7.79. The Balaban J connectivity index is 1.21. The van der Waals surface area contributed by atoms with Gasteiger partial charge in [-0.25, -0.2) is 0 Å². The molecule has 22 nitrogen and oxygen atoms in total. The van der Waals surface area contributed by atoms with Crippen molar-refractivity contribution in [3.63, 3.8) is 0 Å². The Labute approximate surface area is 438 Å². The van der Waals surface area contributed by atoms with Crippen molar-refractivity contribution < 1.29 is 68.4 Å². The molecule has 1 amide bonds. The van der Waals surface area contributed by atoms with Gasteiger partial charge in [0, 0.05) is 65.4 Å². The summed E-state index contributed by atoms with van der Waals surface area (Å²) < 4.78 is 33.6. The largest absolute Gasteiger partial charge is 0.486 e. The molecule has 12 atom stereocenters. The fourth-order valence-electron chi connectivity index (χ4n) is 11.4. The summed E-state index contributed by atoms with van der Waals surface area (Å²) >= 11 is 0. The topological polar surface area (TPSA) is 331 Å². The highest BCUT2D eigenvalue weighted by molar-refractivity contribution is 6.29. The predicted molar refractivity (Wildman–Crippen MR) is 271 cm³/mol. The van der Waals surface area contributed by atoms with Gasteiger partial charge in [0.2, 0.25) is 12.2 Å². The number of anilines is 1. The molecule has 22 heteroatoms. The van der Waals surface area contributed by atoms with Crippen LogP contribution in [-0.4, -0.2) is 163 Å². The lowest BCUT2D eigenvalue weighted by atomic mass is 9.74. The van der Waals surface area contributed by atoms with Crippen molar-refractivity contribution in [3.05, 3.63) is 111 Å². The molecule has 3 saturated heterocycles. The first-order chi connectivity index (χ1) is 36.7. The number of nitrogens with zero attached hydrogens (tertiary/aromatic N) is 1. The van der Waals surface area contributed by atoms with Gasteiger partial charge in [-0.2, -0.15) is 0 Å². The number of dihydropyridines is 1. The van der Waals surface area contributed by atoms with Crippen LogP contribution in [0.4, 0.5) is 5.69 Å². The summed E-state index contributed by atoms with van der Waals surface area (Å²) in [5.74, 6) is 2.57. The van der Waals surface area contributed by atoms with Crippen LogP contribution in [0.1, 0.15) is 86.6 Å². The standard InChI is InChI=1S/C54H64N8O14/c1-57-21-37-28(12-16-58-49(37)55)14-18-73-47-48(69)54(71)15-4-5-30(65)10-9-29-23-72-25-39(54)75-52(47)76-45-36(40(29)33-6-2-3-7-38(33)62-26-59-42-50(62)60-53(56)61-51(42)70)20-35-41(46(45)74-24-31(66)13-17-63)44(68)34-19-27(22-64)8-11-32(34)43(35)67/h2-3,6-8,11-12,17,19-20,29-31,39-40,42,47-48,50,52-53,57-60,64-66,69,71H,5,9-10,13-14,16,18,21-26,55-56H2,1H3,(H,61,70). The van der Waals surface area contributed by atoms with Crippen molar-refractivity contribution in [3.8, 4) is 23.3 Å². The number of hydrogen-bond donors (Lipinski definition) is 12. The van der Waals surface area contributed by atoms with Crippen LogP contribution in [0, 0.1) is 17.8 Å². The van der Waals surface area contributed by atoms with Crippen molar-refractivity contribution >= 4 is 29.4 Å². The number of carbonyl (C=O) groups excluding carboxylic acids is 4. The van der Waals surface area contributed by atoms with Gasteiger partial charge in [0.15, 0.2) is 28.7 Å². The number of benzene rings is 3. The first kappa shape index (κ1) is 53.1. The molecule has 3 aromatic carbocycles. The van der Waals surface area contributed by atoms with Gasteiger partial charge < -0.3 is 80.6 Å². The van der Waals surface area contributed by atoms with Gasteiger partial charge >= 0.3 is 0 Å². The second-order valence-corrected chi connectivity index (χ2v) is 20.1. The molecule has 3 bridgehead atoms. The highest BCUT2D eigenvalue weighted by Crippen LogP contribution is 2.52. The summed E-state index contributed by atoms with van der Waals surface area (Å²) in [4.78, 5) is 57.4. The molecule has 6 aliphatic heterocycles. The van der Waals surface area contributed by atoms with Crippen LogP contribution in [0.25, 0.3) is 0 Å². The molecule has 7 aliphatic rings.